The summed E-state index contributed by atoms with van der Waals surface area (Å²) in [5, 5.41) is 0. The Morgan fingerprint density at radius 2 is 2.14 bits per heavy atom. The Morgan fingerprint density at radius 3 is 2.79 bits per heavy atom. The second kappa shape index (κ2) is 3.41. The van der Waals surface area contributed by atoms with Crippen LogP contribution in [0.3, 0.4) is 0 Å². The van der Waals surface area contributed by atoms with Crippen molar-refractivity contribution in [3.63, 3.8) is 0 Å². The molecule has 0 spiro atoms. The second-order valence-corrected chi connectivity index (χ2v) is 2.75. The van der Waals surface area contributed by atoms with Gasteiger partial charge in [-0.3, -0.25) is 9.36 Å². The van der Waals surface area contributed by atoms with Gasteiger partial charge in [-0.15, -0.1) is 0 Å². The van der Waals surface area contributed by atoms with Crippen LogP contribution in [0.15, 0.2) is 43.0 Å². The van der Waals surface area contributed by atoms with Crippen LogP contribution in [0.4, 0.5) is 4.39 Å². The number of imidazole rings is 1. The maximum Gasteiger partial charge on any atom is 0.266 e. The molecule has 14 heavy (non-hydrogen) atoms. The van der Waals surface area contributed by atoms with E-state index < -0.39 is 11.7 Å². The number of halogens is 1. The van der Waals surface area contributed by atoms with Crippen molar-refractivity contribution < 1.29 is 9.18 Å². The minimum atomic E-state index is -0.522. The standard InChI is InChI=1S/C10H7FN2O/c11-9-4-2-1-3-8(9)10(14)13-6-5-12-7-13/h1-7H. The zero-order valence-corrected chi connectivity index (χ0v) is 7.22. The molecule has 2 aromatic rings. The van der Waals surface area contributed by atoms with E-state index in [1.54, 1.807) is 12.1 Å². The van der Waals surface area contributed by atoms with Gasteiger partial charge >= 0.3 is 0 Å². The van der Waals surface area contributed by atoms with Gasteiger partial charge in [0, 0.05) is 12.4 Å². The molecule has 3 nitrogen and oxygen atoms in total. The van der Waals surface area contributed by atoms with E-state index in [1.165, 1.54) is 35.4 Å². The molecule has 0 bridgehead atoms. The number of benzene rings is 1. The number of carbonyl (C=O) groups excluding carboxylic acids is 1. The van der Waals surface area contributed by atoms with Gasteiger partial charge < -0.3 is 0 Å². The third kappa shape index (κ3) is 1.42. The molecule has 0 saturated carbocycles. The number of carbonyl (C=O) groups is 1. The number of hydrogen-bond acceptors (Lipinski definition) is 2. The Morgan fingerprint density at radius 1 is 1.36 bits per heavy atom. The Labute approximate surface area is 79.8 Å². The first-order valence-electron chi connectivity index (χ1n) is 4.06. The molecule has 0 radical (unpaired) electrons. The molecule has 1 aromatic carbocycles. The lowest BCUT2D eigenvalue weighted by Gasteiger charge is -2.01. The smallest absolute Gasteiger partial charge is 0.266 e. The van der Waals surface area contributed by atoms with Gasteiger partial charge in [-0.25, -0.2) is 9.37 Å². The van der Waals surface area contributed by atoms with Gasteiger partial charge in [0.2, 0.25) is 0 Å². The maximum absolute atomic E-state index is 13.2. The van der Waals surface area contributed by atoms with Crippen LogP contribution in [0.1, 0.15) is 10.4 Å². The van der Waals surface area contributed by atoms with Crippen molar-refractivity contribution in [1.29, 1.82) is 0 Å². The SMILES string of the molecule is O=C(c1ccccc1F)n1ccnc1. The normalized spacial score (nSPS) is 10.1. The quantitative estimate of drug-likeness (QED) is 0.686. The lowest BCUT2D eigenvalue weighted by atomic mass is 10.2. The Balaban J connectivity index is 2.42. The van der Waals surface area contributed by atoms with Crippen molar-refractivity contribution in [1.82, 2.24) is 9.55 Å². The van der Waals surface area contributed by atoms with Gasteiger partial charge in [0.05, 0.1) is 5.56 Å². The van der Waals surface area contributed by atoms with Crippen molar-refractivity contribution in [3.8, 4) is 0 Å². The predicted molar refractivity (Wildman–Crippen MR) is 48.4 cm³/mol. The average molecular weight is 190 g/mol. The molecule has 0 saturated heterocycles. The first kappa shape index (κ1) is 8.62. The van der Waals surface area contributed by atoms with Crippen LogP contribution in [0.5, 0.6) is 0 Å². The number of rotatable bonds is 1. The molecule has 1 heterocycles. The van der Waals surface area contributed by atoms with Gasteiger partial charge in [0.25, 0.3) is 5.91 Å². The molecule has 0 aliphatic heterocycles. The first-order chi connectivity index (χ1) is 6.79. The lowest BCUT2D eigenvalue weighted by Crippen LogP contribution is -2.11. The number of nitrogens with zero attached hydrogens (tertiary/aromatic N) is 2. The van der Waals surface area contributed by atoms with Gasteiger partial charge in [0.15, 0.2) is 0 Å². The molecule has 0 atom stereocenters. The van der Waals surface area contributed by atoms with E-state index in [2.05, 4.69) is 4.98 Å². The highest BCUT2D eigenvalue weighted by molar-refractivity contribution is 5.95. The van der Waals surface area contributed by atoms with E-state index in [0.29, 0.717) is 0 Å². The summed E-state index contributed by atoms with van der Waals surface area (Å²) in [5.74, 6) is -0.938. The molecular weight excluding hydrogens is 183 g/mol. The minimum absolute atomic E-state index is 0.0468. The molecule has 0 unspecified atom stereocenters. The molecule has 4 heteroatoms. The summed E-state index contributed by atoms with van der Waals surface area (Å²) in [7, 11) is 0. The molecule has 0 amide bonds. The molecule has 2 rings (SSSR count). The highest BCUT2D eigenvalue weighted by Crippen LogP contribution is 2.08. The van der Waals surface area contributed by atoms with E-state index in [0.717, 1.165) is 0 Å². The number of aromatic nitrogens is 2. The van der Waals surface area contributed by atoms with Crippen LogP contribution in [-0.2, 0) is 0 Å². The van der Waals surface area contributed by atoms with Crippen LogP contribution in [-0.4, -0.2) is 15.5 Å². The molecule has 0 aliphatic rings. The van der Waals surface area contributed by atoms with Crippen LogP contribution < -0.4 is 0 Å². The molecule has 1 aromatic heterocycles. The van der Waals surface area contributed by atoms with Crippen LogP contribution in [0, 0.1) is 5.82 Å². The third-order valence-electron chi connectivity index (χ3n) is 1.84. The summed E-state index contributed by atoms with van der Waals surface area (Å²) in [5.41, 5.74) is 0.0468. The van der Waals surface area contributed by atoms with Gasteiger partial charge in [-0.05, 0) is 12.1 Å². The summed E-state index contributed by atoms with van der Waals surface area (Å²) >= 11 is 0. The number of hydrogen-bond donors (Lipinski definition) is 0. The highest BCUT2D eigenvalue weighted by atomic mass is 19.1. The summed E-state index contributed by atoms with van der Waals surface area (Å²) < 4.78 is 14.4. The fraction of sp³-hybridized carbons (Fsp3) is 0. The van der Waals surface area contributed by atoms with Crippen LogP contribution >= 0.6 is 0 Å². The van der Waals surface area contributed by atoms with Crippen molar-refractivity contribution in [2.45, 2.75) is 0 Å². The Bertz CT molecular complexity index is 451. The monoisotopic (exact) mass is 190 g/mol. The third-order valence-corrected chi connectivity index (χ3v) is 1.84. The molecule has 0 N–H and O–H groups in total. The average Bonchev–Trinajstić information content (AvgIpc) is 2.70. The van der Waals surface area contributed by atoms with Crippen molar-refractivity contribution in [3.05, 3.63) is 54.4 Å². The van der Waals surface area contributed by atoms with Gasteiger partial charge in [-0.2, -0.15) is 0 Å². The highest BCUT2D eigenvalue weighted by Gasteiger charge is 2.11. The van der Waals surface area contributed by atoms with E-state index in [-0.39, 0.29) is 5.56 Å². The fourth-order valence-corrected chi connectivity index (χ4v) is 1.15. The largest absolute Gasteiger partial charge is 0.272 e. The molecule has 70 valence electrons. The van der Waals surface area contributed by atoms with E-state index in [9.17, 15) is 9.18 Å². The summed E-state index contributed by atoms with van der Waals surface area (Å²) in [6.45, 7) is 0. The minimum Gasteiger partial charge on any atom is -0.272 e. The molecule has 0 aliphatic carbocycles. The van der Waals surface area contributed by atoms with Crippen molar-refractivity contribution in [2.24, 2.45) is 0 Å². The molecule has 0 fully saturated rings. The van der Waals surface area contributed by atoms with Crippen molar-refractivity contribution >= 4 is 5.91 Å². The first-order valence-corrected chi connectivity index (χ1v) is 4.06. The zero-order valence-electron chi connectivity index (χ0n) is 7.22. The van der Waals surface area contributed by atoms with Crippen LogP contribution in [0.2, 0.25) is 0 Å². The van der Waals surface area contributed by atoms with E-state index >= 15 is 0 Å². The van der Waals surface area contributed by atoms with Crippen molar-refractivity contribution in [2.75, 3.05) is 0 Å². The zero-order chi connectivity index (χ0) is 9.97. The topological polar surface area (TPSA) is 34.9 Å². The van der Waals surface area contributed by atoms with E-state index in [4.69, 9.17) is 0 Å². The predicted octanol–water partition coefficient (Wildman–Crippen LogP) is 1.71. The summed E-state index contributed by atoms with van der Waals surface area (Å²) in [4.78, 5) is 15.3. The van der Waals surface area contributed by atoms with E-state index in [1.807, 2.05) is 0 Å². The van der Waals surface area contributed by atoms with Crippen LogP contribution in [0.25, 0.3) is 0 Å². The summed E-state index contributed by atoms with van der Waals surface area (Å²) in [6.07, 6.45) is 4.29. The summed E-state index contributed by atoms with van der Waals surface area (Å²) in [6, 6.07) is 5.86. The van der Waals surface area contributed by atoms with Gasteiger partial charge in [-0.1, -0.05) is 12.1 Å². The second-order valence-electron chi connectivity index (χ2n) is 2.75. The Kier molecular flexibility index (Phi) is 2.10. The maximum atomic E-state index is 13.2. The molecular formula is C10H7FN2O. The Hall–Kier alpha value is -1.97. The fourth-order valence-electron chi connectivity index (χ4n) is 1.15. The van der Waals surface area contributed by atoms with Gasteiger partial charge in [0.1, 0.15) is 12.1 Å². The lowest BCUT2D eigenvalue weighted by molar-refractivity contribution is 0.0956.